The van der Waals surface area contributed by atoms with Crippen LogP contribution in [0.4, 0.5) is 0 Å². The standard InChI is InChI=1S/C25H31NO3/c1-6-8-11-23(25(27)28-5)22-12-9-10-18(3)24(22)17-29-26-19(4)21-15-13-20(7-2)14-16-21/h9-16H,6-8,17H2,1-5H3/b23-11-,26-19+. The maximum absolute atomic E-state index is 12.3. The fraction of sp³-hybridized carbons (Fsp3) is 0.360. The van der Waals surface area contributed by atoms with E-state index >= 15 is 0 Å². The summed E-state index contributed by atoms with van der Waals surface area (Å²) in [5.74, 6) is -0.332. The van der Waals surface area contributed by atoms with E-state index in [1.807, 2.05) is 38.1 Å². The molecule has 0 saturated heterocycles. The van der Waals surface area contributed by atoms with Crippen molar-refractivity contribution in [2.75, 3.05) is 7.11 Å². The molecule has 0 saturated carbocycles. The summed E-state index contributed by atoms with van der Waals surface area (Å²) in [6, 6.07) is 14.2. The van der Waals surface area contributed by atoms with Gasteiger partial charge in [0.15, 0.2) is 0 Å². The SMILES string of the molecule is CCC/C=C(\C(=O)OC)c1cccc(C)c1CO/N=C(\C)c1ccc(CC)cc1. The Kier molecular flexibility index (Phi) is 8.66. The summed E-state index contributed by atoms with van der Waals surface area (Å²) in [4.78, 5) is 18.0. The van der Waals surface area contributed by atoms with Gasteiger partial charge in [0, 0.05) is 5.56 Å². The Labute approximate surface area is 174 Å². The minimum absolute atomic E-state index is 0.285. The van der Waals surface area contributed by atoms with E-state index in [1.165, 1.54) is 12.7 Å². The number of hydrogen-bond donors (Lipinski definition) is 0. The molecule has 0 fully saturated rings. The molecule has 0 N–H and O–H groups in total. The molecule has 2 aromatic rings. The number of esters is 1. The van der Waals surface area contributed by atoms with E-state index in [1.54, 1.807) is 0 Å². The molecule has 0 heterocycles. The van der Waals surface area contributed by atoms with Crippen LogP contribution in [0.1, 0.15) is 61.4 Å². The van der Waals surface area contributed by atoms with E-state index in [9.17, 15) is 4.79 Å². The smallest absolute Gasteiger partial charge is 0.338 e. The lowest BCUT2D eigenvalue weighted by atomic mass is 9.95. The zero-order chi connectivity index (χ0) is 21.2. The lowest BCUT2D eigenvalue weighted by Gasteiger charge is -2.14. The normalized spacial score (nSPS) is 12.0. The van der Waals surface area contributed by atoms with Crippen molar-refractivity contribution in [2.45, 2.75) is 53.6 Å². The van der Waals surface area contributed by atoms with Gasteiger partial charge in [0.1, 0.15) is 6.61 Å². The largest absolute Gasteiger partial charge is 0.465 e. The zero-order valence-electron chi connectivity index (χ0n) is 18.1. The van der Waals surface area contributed by atoms with E-state index in [0.717, 1.165) is 47.2 Å². The van der Waals surface area contributed by atoms with Crippen molar-refractivity contribution in [3.8, 4) is 0 Å². The highest BCUT2D eigenvalue weighted by molar-refractivity contribution is 6.16. The maximum Gasteiger partial charge on any atom is 0.338 e. The van der Waals surface area contributed by atoms with E-state index in [4.69, 9.17) is 9.57 Å². The summed E-state index contributed by atoms with van der Waals surface area (Å²) in [6.45, 7) is 8.44. The molecule has 2 aromatic carbocycles. The van der Waals surface area contributed by atoms with Crippen molar-refractivity contribution >= 4 is 17.3 Å². The van der Waals surface area contributed by atoms with E-state index in [2.05, 4.69) is 43.3 Å². The van der Waals surface area contributed by atoms with Crippen LogP contribution in [0.5, 0.6) is 0 Å². The molecule has 0 aliphatic carbocycles. The van der Waals surface area contributed by atoms with E-state index in [-0.39, 0.29) is 12.6 Å². The molecular formula is C25H31NO3. The van der Waals surface area contributed by atoms with Gasteiger partial charge in [0.05, 0.1) is 18.4 Å². The predicted molar refractivity (Wildman–Crippen MR) is 119 cm³/mol. The van der Waals surface area contributed by atoms with Crippen LogP contribution in [-0.4, -0.2) is 18.8 Å². The number of hydrogen-bond acceptors (Lipinski definition) is 4. The van der Waals surface area contributed by atoms with E-state index < -0.39 is 0 Å². The molecule has 0 aliphatic rings. The molecular weight excluding hydrogens is 362 g/mol. The minimum atomic E-state index is -0.332. The molecule has 4 nitrogen and oxygen atoms in total. The Balaban J connectivity index is 2.25. The lowest BCUT2D eigenvalue weighted by Crippen LogP contribution is -2.08. The molecule has 0 spiro atoms. The first kappa shape index (κ1) is 22.4. The first-order valence-corrected chi connectivity index (χ1v) is 10.1. The topological polar surface area (TPSA) is 47.9 Å². The first-order chi connectivity index (χ1) is 14.0. The van der Waals surface area contributed by atoms with Crippen LogP contribution in [0.15, 0.2) is 53.7 Å². The van der Waals surface area contributed by atoms with Gasteiger partial charge >= 0.3 is 5.97 Å². The fourth-order valence-electron chi connectivity index (χ4n) is 3.08. The van der Waals surface area contributed by atoms with Crippen molar-refractivity contribution < 1.29 is 14.4 Å². The summed E-state index contributed by atoms with van der Waals surface area (Å²) >= 11 is 0. The third kappa shape index (κ3) is 6.05. The van der Waals surface area contributed by atoms with Crippen LogP contribution in [0, 0.1) is 6.92 Å². The van der Waals surface area contributed by atoms with Crippen LogP contribution in [-0.2, 0) is 27.4 Å². The Hall–Kier alpha value is -2.88. The predicted octanol–water partition coefficient (Wildman–Crippen LogP) is 5.85. The van der Waals surface area contributed by atoms with Gasteiger partial charge < -0.3 is 9.57 Å². The van der Waals surface area contributed by atoms with Crippen LogP contribution in [0.25, 0.3) is 5.57 Å². The van der Waals surface area contributed by atoms with Gasteiger partial charge in [-0.15, -0.1) is 0 Å². The van der Waals surface area contributed by atoms with Gasteiger partial charge in [-0.25, -0.2) is 4.79 Å². The molecule has 0 unspecified atom stereocenters. The third-order valence-corrected chi connectivity index (χ3v) is 4.93. The van der Waals surface area contributed by atoms with Gasteiger partial charge in [-0.3, -0.25) is 0 Å². The number of carbonyl (C=O) groups excluding carboxylic acids is 1. The molecule has 2 rings (SSSR count). The summed E-state index contributed by atoms with van der Waals surface area (Å²) in [6.07, 6.45) is 4.72. The minimum Gasteiger partial charge on any atom is -0.465 e. The Bertz CT molecular complexity index is 879. The molecule has 4 heteroatoms. The molecule has 154 valence electrons. The Morgan fingerprint density at radius 1 is 1.10 bits per heavy atom. The second-order valence-corrected chi connectivity index (χ2v) is 7.00. The summed E-state index contributed by atoms with van der Waals surface area (Å²) in [5.41, 5.74) is 6.55. The average molecular weight is 394 g/mol. The number of aryl methyl sites for hydroxylation is 2. The summed E-state index contributed by atoms with van der Waals surface area (Å²) in [5, 5.41) is 4.29. The van der Waals surface area contributed by atoms with Gasteiger partial charge in [0.2, 0.25) is 0 Å². The second kappa shape index (κ2) is 11.2. The molecule has 0 bridgehead atoms. The third-order valence-electron chi connectivity index (χ3n) is 4.93. The first-order valence-electron chi connectivity index (χ1n) is 10.1. The van der Waals surface area contributed by atoms with Crippen molar-refractivity contribution in [2.24, 2.45) is 5.16 Å². The number of methoxy groups -OCH3 is 1. The Morgan fingerprint density at radius 2 is 1.83 bits per heavy atom. The van der Waals surface area contributed by atoms with Gasteiger partial charge in [0.25, 0.3) is 0 Å². The summed E-state index contributed by atoms with van der Waals surface area (Å²) < 4.78 is 5.00. The molecule has 0 amide bonds. The number of rotatable bonds is 9. The van der Waals surface area contributed by atoms with Crippen LogP contribution in [0.2, 0.25) is 0 Å². The number of carbonyl (C=O) groups is 1. The zero-order valence-corrected chi connectivity index (χ0v) is 18.1. The van der Waals surface area contributed by atoms with Crippen LogP contribution >= 0.6 is 0 Å². The van der Waals surface area contributed by atoms with Crippen molar-refractivity contribution in [3.63, 3.8) is 0 Å². The molecule has 29 heavy (non-hydrogen) atoms. The van der Waals surface area contributed by atoms with Gasteiger partial charge in [-0.1, -0.05) is 74.0 Å². The average Bonchev–Trinajstić information content (AvgIpc) is 2.75. The number of allylic oxidation sites excluding steroid dienone is 1. The van der Waals surface area contributed by atoms with Gasteiger partial charge in [-0.05, 0) is 48.9 Å². The second-order valence-electron chi connectivity index (χ2n) is 7.00. The number of ether oxygens (including phenoxy) is 1. The van der Waals surface area contributed by atoms with Crippen LogP contribution < -0.4 is 0 Å². The Morgan fingerprint density at radius 3 is 2.45 bits per heavy atom. The maximum atomic E-state index is 12.3. The number of nitrogens with zero attached hydrogens (tertiary/aromatic N) is 1. The molecule has 0 radical (unpaired) electrons. The number of benzene rings is 2. The summed E-state index contributed by atoms with van der Waals surface area (Å²) in [7, 11) is 1.41. The quantitative estimate of drug-likeness (QED) is 0.232. The highest BCUT2D eigenvalue weighted by atomic mass is 16.6. The highest BCUT2D eigenvalue weighted by Crippen LogP contribution is 2.25. The van der Waals surface area contributed by atoms with Crippen molar-refractivity contribution in [1.29, 1.82) is 0 Å². The highest BCUT2D eigenvalue weighted by Gasteiger charge is 2.17. The number of unbranched alkanes of at least 4 members (excludes halogenated alkanes) is 1. The molecule has 0 aromatic heterocycles. The van der Waals surface area contributed by atoms with Crippen molar-refractivity contribution in [3.05, 3.63) is 76.4 Å². The van der Waals surface area contributed by atoms with Crippen LogP contribution in [0.3, 0.4) is 0 Å². The number of oxime groups is 1. The van der Waals surface area contributed by atoms with Crippen molar-refractivity contribution in [1.82, 2.24) is 0 Å². The molecule has 0 atom stereocenters. The lowest BCUT2D eigenvalue weighted by molar-refractivity contribution is -0.133. The monoisotopic (exact) mass is 393 g/mol. The van der Waals surface area contributed by atoms with Gasteiger partial charge in [-0.2, -0.15) is 0 Å². The van der Waals surface area contributed by atoms with E-state index in [0.29, 0.717) is 5.57 Å². The molecule has 0 aliphatic heterocycles. The fourth-order valence-corrected chi connectivity index (χ4v) is 3.08.